The van der Waals surface area contributed by atoms with E-state index in [9.17, 15) is 9.59 Å². The third-order valence-electron chi connectivity index (χ3n) is 3.15. The molecule has 1 heterocycles. The zero-order chi connectivity index (χ0) is 12.1. The molecule has 1 aliphatic rings. The van der Waals surface area contributed by atoms with Crippen molar-refractivity contribution < 1.29 is 14.7 Å². The molecule has 0 spiro atoms. The summed E-state index contributed by atoms with van der Waals surface area (Å²) in [7, 11) is 0. The summed E-state index contributed by atoms with van der Waals surface area (Å²) in [6, 6.07) is 0. The molecule has 1 fully saturated rings. The van der Waals surface area contributed by atoms with Gasteiger partial charge in [-0.2, -0.15) is 0 Å². The van der Waals surface area contributed by atoms with Crippen LogP contribution in [0.25, 0.3) is 0 Å². The van der Waals surface area contributed by atoms with Gasteiger partial charge in [0.25, 0.3) is 0 Å². The normalized spacial score (nSPS) is 26.4. The molecule has 92 valence electrons. The van der Waals surface area contributed by atoms with E-state index in [0.29, 0.717) is 18.9 Å². The van der Waals surface area contributed by atoms with E-state index in [1.807, 2.05) is 6.92 Å². The van der Waals surface area contributed by atoms with Crippen LogP contribution >= 0.6 is 0 Å². The summed E-state index contributed by atoms with van der Waals surface area (Å²) >= 11 is 0. The maximum atomic E-state index is 11.7. The predicted molar refractivity (Wildman–Crippen MR) is 60.0 cm³/mol. The second kappa shape index (κ2) is 5.84. The van der Waals surface area contributed by atoms with Gasteiger partial charge in [0, 0.05) is 13.1 Å². The van der Waals surface area contributed by atoms with E-state index >= 15 is 0 Å². The Bertz CT molecular complexity index is 268. The Morgan fingerprint density at radius 1 is 1.50 bits per heavy atom. The molecule has 1 aliphatic heterocycles. The summed E-state index contributed by atoms with van der Waals surface area (Å²) in [5, 5.41) is 14.6. The molecule has 1 rings (SSSR count). The van der Waals surface area contributed by atoms with Crippen molar-refractivity contribution in [1.82, 2.24) is 10.6 Å². The molecule has 3 N–H and O–H groups in total. The number of carbonyl (C=O) groups excluding carboxylic acids is 1. The maximum Gasteiger partial charge on any atom is 0.306 e. The highest BCUT2D eigenvalue weighted by Gasteiger charge is 2.29. The van der Waals surface area contributed by atoms with Crippen molar-refractivity contribution in [1.29, 1.82) is 0 Å². The minimum absolute atomic E-state index is 0.0279. The fourth-order valence-electron chi connectivity index (χ4n) is 1.83. The van der Waals surface area contributed by atoms with Crippen LogP contribution in [-0.2, 0) is 9.59 Å². The number of rotatable bonds is 5. The van der Waals surface area contributed by atoms with Gasteiger partial charge >= 0.3 is 5.97 Å². The van der Waals surface area contributed by atoms with Crippen molar-refractivity contribution in [3.05, 3.63) is 0 Å². The molecule has 0 aliphatic carbocycles. The van der Waals surface area contributed by atoms with Crippen LogP contribution in [0.1, 0.15) is 20.3 Å². The predicted octanol–water partition coefficient (Wildman–Crippen LogP) is 0.0689. The first-order chi connectivity index (χ1) is 7.52. The minimum atomic E-state index is -0.815. The fraction of sp³-hybridized carbons (Fsp3) is 0.818. The smallest absolute Gasteiger partial charge is 0.306 e. The van der Waals surface area contributed by atoms with Gasteiger partial charge in [-0.25, -0.2) is 0 Å². The summed E-state index contributed by atoms with van der Waals surface area (Å²) in [4.78, 5) is 22.3. The molecule has 0 aromatic carbocycles. The van der Waals surface area contributed by atoms with Crippen molar-refractivity contribution in [2.45, 2.75) is 20.3 Å². The first-order valence-corrected chi connectivity index (χ1v) is 5.73. The van der Waals surface area contributed by atoms with E-state index in [-0.39, 0.29) is 11.8 Å². The summed E-state index contributed by atoms with van der Waals surface area (Å²) in [6.07, 6.45) is 0.482. The monoisotopic (exact) mass is 228 g/mol. The first kappa shape index (κ1) is 13.0. The lowest BCUT2D eigenvalue weighted by Gasteiger charge is -2.14. The Kier molecular flexibility index (Phi) is 4.73. The van der Waals surface area contributed by atoms with Gasteiger partial charge in [-0.05, 0) is 18.9 Å². The average Bonchev–Trinajstić information content (AvgIpc) is 2.64. The highest BCUT2D eigenvalue weighted by atomic mass is 16.4. The molecule has 16 heavy (non-hydrogen) atoms. The van der Waals surface area contributed by atoms with Gasteiger partial charge in [0.2, 0.25) is 5.91 Å². The first-order valence-electron chi connectivity index (χ1n) is 5.73. The third-order valence-corrected chi connectivity index (χ3v) is 3.15. The van der Waals surface area contributed by atoms with Crippen LogP contribution in [0, 0.1) is 17.8 Å². The van der Waals surface area contributed by atoms with Crippen LogP contribution in [-0.4, -0.2) is 36.6 Å². The topological polar surface area (TPSA) is 78.4 Å². The molecule has 1 unspecified atom stereocenters. The van der Waals surface area contributed by atoms with Gasteiger partial charge in [0.05, 0.1) is 11.8 Å². The van der Waals surface area contributed by atoms with Crippen LogP contribution < -0.4 is 10.6 Å². The van der Waals surface area contributed by atoms with Gasteiger partial charge in [0.15, 0.2) is 0 Å². The van der Waals surface area contributed by atoms with Gasteiger partial charge in [-0.15, -0.1) is 0 Å². The molecule has 5 heteroatoms. The molecule has 0 radical (unpaired) electrons. The van der Waals surface area contributed by atoms with Crippen molar-refractivity contribution in [2.24, 2.45) is 17.8 Å². The van der Waals surface area contributed by atoms with Crippen LogP contribution in [0.3, 0.4) is 0 Å². The number of carboxylic acid groups (broad SMARTS) is 1. The zero-order valence-corrected chi connectivity index (χ0v) is 9.82. The number of nitrogens with one attached hydrogen (secondary N) is 2. The molecule has 3 atom stereocenters. The lowest BCUT2D eigenvalue weighted by molar-refractivity contribution is -0.141. The molecule has 1 saturated heterocycles. The molecular formula is C11H20N2O3. The van der Waals surface area contributed by atoms with Crippen LogP contribution in [0.15, 0.2) is 0 Å². The SMILES string of the molecule is CC(CCNC(=O)[C@@H]1CNC[C@H]1C)C(=O)O. The van der Waals surface area contributed by atoms with E-state index < -0.39 is 11.9 Å². The Balaban J connectivity index is 2.22. The van der Waals surface area contributed by atoms with Crippen molar-refractivity contribution in [2.75, 3.05) is 19.6 Å². The molecule has 0 aromatic rings. The zero-order valence-electron chi connectivity index (χ0n) is 9.82. The molecule has 0 bridgehead atoms. The largest absolute Gasteiger partial charge is 0.481 e. The number of carbonyl (C=O) groups is 2. The van der Waals surface area contributed by atoms with Crippen LogP contribution in [0.5, 0.6) is 0 Å². The van der Waals surface area contributed by atoms with Crippen LogP contribution in [0.4, 0.5) is 0 Å². The summed E-state index contributed by atoms with van der Waals surface area (Å²) in [5.41, 5.74) is 0. The highest BCUT2D eigenvalue weighted by Crippen LogP contribution is 2.15. The van der Waals surface area contributed by atoms with Gasteiger partial charge in [0.1, 0.15) is 0 Å². The van der Waals surface area contributed by atoms with E-state index in [1.54, 1.807) is 6.92 Å². The van der Waals surface area contributed by atoms with Crippen molar-refractivity contribution >= 4 is 11.9 Å². The van der Waals surface area contributed by atoms with Gasteiger partial charge in [-0.1, -0.05) is 13.8 Å². The molecular weight excluding hydrogens is 208 g/mol. The summed E-state index contributed by atoms with van der Waals surface area (Å²) in [6.45, 7) is 5.74. The van der Waals surface area contributed by atoms with Crippen molar-refractivity contribution in [3.8, 4) is 0 Å². The second-order valence-electron chi connectivity index (χ2n) is 4.56. The number of hydrogen-bond acceptors (Lipinski definition) is 3. The number of hydrogen-bond donors (Lipinski definition) is 3. The van der Waals surface area contributed by atoms with Crippen molar-refractivity contribution in [3.63, 3.8) is 0 Å². The maximum absolute atomic E-state index is 11.7. The number of aliphatic carboxylic acids is 1. The third kappa shape index (κ3) is 3.48. The fourth-order valence-corrected chi connectivity index (χ4v) is 1.83. The number of carboxylic acids is 1. The summed E-state index contributed by atoms with van der Waals surface area (Å²) < 4.78 is 0. The Morgan fingerprint density at radius 2 is 2.19 bits per heavy atom. The van der Waals surface area contributed by atoms with E-state index in [1.165, 1.54) is 0 Å². The van der Waals surface area contributed by atoms with E-state index in [0.717, 1.165) is 13.1 Å². The lowest BCUT2D eigenvalue weighted by atomic mass is 9.97. The Labute approximate surface area is 95.6 Å². The van der Waals surface area contributed by atoms with E-state index in [4.69, 9.17) is 5.11 Å². The lowest BCUT2D eigenvalue weighted by Crippen LogP contribution is -2.35. The summed E-state index contributed by atoms with van der Waals surface area (Å²) in [5.74, 6) is -0.795. The molecule has 0 aromatic heterocycles. The molecule has 5 nitrogen and oxygen atoms in total. The quantitative estimate of drug-likeness (QED) is 0.622. The standard InChI is InChI=1S/C11H20N2O3/c1-7(11(15)16)3-4-13-10(14)9-6-12-5-8(9)2/h7-9,12H,3-6H2,1-2H3,(H,13,14)(H,15,16)/t7?,8-,9-/m1/s1. The van der Waals surface area contributed by atoms with Gasteiger partial charge in [-0.3, -0.25) is 9.59 Å². The minimum Gasteiger partial charge on any atom is -0.481 e. The highest BCUT2D eigenvalue weighted by molar-refractivity contribution is 5.79. The number of amides is 1. The Hall–Kier alpha value is -1.10. The molecule has 0 saturated carbocycles. The average molecular weight is 228 g/mol. The second-order valence-corrected chi connectivity index (χ2v) is 4.56. The Morgan fingerprint density at radius 3 is 2.69 bits per heavy atom. The van der Waals surface area contributed by atoms with Crippen LogP contribution in [0.2, 0.25) is 0 Å². The van der Waals surface area contributed by atoms with Gasteiger partial charge < -0.3 is 15.7 Å². The molecule has 1 amide bonds. The van der Waals surface area contributed by atoms with E-state index in [2.05, 4.69) is 10.6 Å².